The van der Waals surface area contributed by atoms with E-state index in [1.807, 2.05) is 26.8 Å². The summed E-state index contributed by atoms with van der Waals surface area (Å²) in [5, 5.41) is 2.82. The highest BCUT2D eigenvalue weighted by Gasteiger charge is 2.35. The van der Waals surface area contributed by atoms with Gasteiger partial charge in [-0.25, -0.2) is 0 Å². The maximum atomic E-state index is 12.8. The number of benzene rings is 1. The van der Waals surface area contributed by atoms with Crippen LogP contribution in [0.2, 0.25) is 0 Å². The van der Waals surface area contributed by atoms with Gasteiger partial charge in [-0.3, -0.25) is 9.59 Å². The lowest BCUT2D eigenvalue weighted by Gasteiger charge is -2.27. The van der Waals surface area contributed by atoms with Crippen molar-refractivity contribution < 1.29 is 9.59 Å². The maximum Gasteiger partial charge on any atom is 0.254 e. The Bertz CT molecular complexity index is 596. The minimum atomic E-state index is -0.534. The fourth-order valence-corrected chi connectivity index (χ4v) is 2.44. The number of rotatable bonds is 3. The van der Waals surface area contributed by atoms with E-state index >= 15 is 0 Å². The van der Waals surface area contributed by atoms with Gasteiger partial charge in [-0.05, 0) is 30.5 Å². The second-order valence-electron chi connectivity index (χ2n) is 5.59. The lowest BCUT2D eigenvalue weighted by molar-refractivity contribution is -0.121. The molecule has 5 heteroatoms. The van der Waals surface area contributed by atoms with Crippen LogP contribution >= 0.6 is 11.6 Å². The zero-order chi connectivity index (χ0) is 15.6. The molecule has 1 heterocycles. The standard InChI is InChI=1S/C16H19ClN2O2/c1-10(2)14-16(21)19(9-11(3)8-17)13-7-5-4-6-12(13)15(20)18-14/h4-8,10,14H,9H2,1-3H3,(H,18,20)/b11-8+. The lowest BCUT2D eigenvalue weighted by Crippen LogP contribution is -2.49. The molecule has 112 valence electrons. The van der Waals surface area contributed by atoms with Crippen LogP contribution in [0.15, 0.2) is 35.4 Å². The van der Waals surface area contributed by atoms with Crippen LogP contribution < -0.4 is 10.2 Å². The fourth-order valence-electron chi connectivity index (χ4n) is 2.37. The molecule has 0 aliphatic carbocycles. The predicted molar refractivity (Wildman–Crippen MR) is 84.5 cm³/mol. The molecule has 1 aromatic rings. The molecule has 2 amide bonds. The van der Waals surface area contributed by atoms with Crippen LogP contribution in [0, 0.1) is 5.92 Å². The van der Waals surface area contributed by atoms with E-state index in [4.69, 9.17) is 11.6 Å². The first kappa shape index (κ1) is 15.6. The number of fused-ring (bicyclic) bond motifs is 1. The van der Waals surface area contributed by atoms with Gasteiger partial charge in [-0.15, -0.1) is 0 Å². The van der Waals surface area contributed by atoms with Gasteiger partial charge in [0, 0.05) is 12.1 Å². The molecule has 0 radical (unpaired) electrons. The second-order valence-corrected chi connectivity index (χ2v) is 5.81. The van der Waals surface area contributed by atoms with Crippen LogP contribution in [-0.2, 0) is 4.79 Å². The van der Waals surface area contributed by atoms with Gasteiger partial charge in [0.1, 0.15) is 6.04 Å². The fraction of sp³-hybridized carbons (Fsp3) is 0.375. The molecular formula is C16H19ClN2O2. The lowest BCUT2D eigenvalue weighted by atomic mass is 10.0. The Labute approximate surface area is 129 Å². The average Bonchev–Trinajstić information content (AvgIpc) is 2.57. The molecule has 1 atom stereocenters. The van der Waals surface area contributed by atoms with Gasteiger partial charge in [-0.1, -0.05) is 37.6 Å². The van der Waals surface area contributed by atoms with Gasteiger partial charge in [0.2, 0.25) is 5.91 Å². The number of para-hydroxylation sites is 1. The number of anilines is 1. The Kier molecular flexibility index (Phi) is 4.68. The molecule has 1 aliphatic rings. The normalized spacial score (nSPS) is 19.4. The summed E-state index contributed by atoms with van der Waals surface area (Å²) in [6.07, 6.45) is 0. The minimum Gasteiger partial charge on any atom is -0.340 e. The van der Waals surface area contributed by atoms with E-state index in [2.05, 4.69) is 5.32 Å². The molecule has 0 spiro atoms. The number of carbonyl (C=O) groups is 2. The summed E-state index contributed by atoms with van der Waals surface area (Å²) in [5.74, 6) is -0.313. The summed E-state index contributed by atoms with van der Waals surface area (Å²) in [6.45, 7) is 6.06. The molecule has 1 unspecified atom stereocenters. The van der Waals surface area contributed by atoms with Crippen molar-refractivity contribution in [3.63, 3.8) is 0 Å². The average molecular weight is 307 g/mol. The van der Waals surface area contributed by atoms with Gasteiger partial charge in [-0.2, -0.15) is 0 Å². The number of halogens is 1. The second kappa shape index (κ2) is 6.31. The van der Waals surface area contributed by atoms with Gasteiger partial charge >= 0.3 is 0 Å². The van der Waals surface area contributed by atoms with Crippen LogP contribution in [0.5, 0.6) is 0 Å². The zero-order valence-corrected chi connectivity index (χ0v) is 13.1. The number of hydrogen-bond acceptors (Lipinski definition) is 2. The maximum absolute atomic E-state index is 12.8. The summed E-state index contributed by atoms with van der Waals surface area (Å²) in [7, 11) is 0. The summed E-state index contributed by atoms with van der Waals surface area (Å²) >= 11 is 5.73. The van der Waals surface area contributed by atoms with E-state index in [1.54, 1.807) is 23.1 Å². The minimum absolute atomic E-state index is 0.0125. The Morgan fingerprint density at radius 1 is 1.38 bits per heavy atom. The van der Waals surface area contributed by atoms with E-state index in [1.165, 1.54) is 5.54 Å². The highest BCUT2D eigenvalue weighted by atomic mass is 35.5. The predicted octanol–water partition coefficient (Wildman–Crippen LogP) is 2.93. The summed E-state index contributed by atoms with van der Waals surface area (Å²) in [4.78, 5) is 26.8. The molecular weight excluding hydrogens is 288 g/mol. The van der Waals surface area contributed by atoms with E-state index < -0.39 is 6.04 Å². The molecule has 1 aliphatic heterocycles. The van der Waals surface area contributed by atoms with Crippen molar-refractivity contribution in [2.24, 2.45) is 5.92 Å². The van der Waals surface area contributed by atoms with Gasteiger partial charge in [0.15, 0.2) is 0 Å². The Morgan fingerprint density at radius 3 is 2.67 bits per heavy atom. The van der Waals surface area contributed by atoms with Crippen molar-refractivity contribution in [3.05, 3.63) is 40.9 Å². The van der Waals surface area contributed by atoms with E-state index in [0.29, 0.717) is 17.8 Å². The molecule has 1 N–H and O–H groups in total. The Morgan fingerprint density at radius 2 is 2.05 bits per heavy atom. The number of carbonyl (C=O) groups excluding carboxylic acids is 2. The molecule has 0 saturated carbocycles. The van der Waals surface area contributed by atoms with Crippen molar-refractivity contribution in [1.82, 2.24) is 5.32 Å². The van der Waals surface area contributed by atoms with Crippen LogP contribution in [-0.4, -0.2) is 24.4 Å². The molecule has 0 bridgehead atoms. The number of hydrogen-bond donors (Lipinski definition) is 1. The third-order valence-corrected chi connectivity index (χ3v) is 3.89. The van der Waals surface area contributed by atoms with Gasteiger partial charge in [0.05, 0.1) is 11.3 Å². The zero-order valence-electron chi connectivity index (χ0n) is 12.4. The van der Waals surface area contributed by atoms with Crippen molar-refractivity contribution in [2.75, 3.05) is 11.4 Å². The van der Waals surface area contributed by atoms with Crippen molar-refractivity contribution in [3.8, 4) is 0 Å². The van der Waals surface area contributed by atoms with Crippen LogP contribution in [0.1, 0.15) is 31.1 Å². The van der Waals surface area contributed by atoms with Gasteiger partial charge < -0.3 is 10.2 Å². The molecule has 4 nitrogen and oxygen atoms in total. The molecule has 1 aromatic carbocycles. The van der Waals surface area contributed by atoms with Crippen molar-refractivity contribution >= 4 is 29.1 Å². The highest BCUT2D eigenvalue weighted by molar-refractivity contribution is 6.25. The third kappa shape index (κ3) is 3.10. The van der Waals surface area contributed by atoms with Crippen LogP contribution in [0.25, 0.3) is 0 Å². The van der Waals surface area contributed by atoms with E-state index in [-0.39, 0.29) is 17.7 Å². The molecule has 2 rings (SSSR count). The largest absolute Gasteiger partial charge is 0.340 e. The molecule has 0 aromatic heterocycles. The third-order valence-electron chi connectivity index (χ3n) is 3.52. The quantitative estimate of drug-likeness (QED) is 0.933. The van der Waals surface area contributed by atoms with E-state index in [0.717, 1.165) is 5.57 Å². The van der Waals surface area contributed by atoms with Crippen molar-refractivity contribution in [2.45, 2.75) is 26.8 Å². The first-order valence-electron chi connectivity index (χ1n) is 6.92. The van der Waals surface area contributed by atoms with Crippen LogP contribution in [0.3, 0.4) is 0 Å². The Hall–Kier alpha value is -1.81. The number of nitrogens with zero attached hydrogens (tertiary/aromatic N) is 1. The highest BCUT2D eigenvalue weighted by Crippen LogP contribution is 2.26. The Balaban J connectivity index is 2.53. The van der Waals surface area contributed by atoms with Gasteiger partial charge in [0.25, 0.3) is 5.91 Å². The SMILES string of the molecule is C/C(=C\Cl)CN1C(=O)C(C(C)C)NC(=O)c2ccccc21. The first-order valence-corrected chi connectivity index (χ1v) is 7.36. The molecule has 21 heavy (non-hydrogen) atoms. The molecule has 0 saturated heterocycles. The monoisotopic (exact) mass is 306 g/mol. The van der Waals surface area contributed by atoms with E-state index in [9.17, 15) is 9.59 Å². The number of amides is 2. The summed E-state index contributed by atoms with van der Waals surface area (Å²) in [5.41, 5.74) is 3.45. The topological polar surface area (TPSA) is 49.4 Å². The number of nitrogens with one attached hydrogen (secondary N) is 1. The smallest absolute Gasteiger partial charge is 0.254 e. The van der Waals surface area contributed by atoms with Crippen LogP contribution in [0.4, 0.5) is 5.69 Å². The summed E-state index contributed by atoms with van der Waals surface area (Å²) < 4.78 is 0. The van der Waals surface area contributed by atoms with Crippen molar-refractivity contribution in [1.29, 1.82) is 0 Å². The summed E-state index contributed by atoms with van der Waals surface area (Å²) in [6, 6.07) is 6.60. The molecule has 0 fully saturated rings. The first-order chi connectivity index (χ1) is 9.95.